The third-order valence-corrected chi connectivity index (χ3v) is 2.97. The van der Waals surface area contributed by atoms with Crippen molar-refractivity contribution in [3.63, 3.8) is 0 Å². The van der Waals surface area contributed by atoms with Crippen LogP contribution in [0.4, 0.5) is 0 Å². The van der Waals surface area contributed by atoms with Crippen molar-refractivity contribution in [3.05, 3.63) is 18.2 Å². The molecule has 0 saturated carbocycles. The van der Waals surface area contributed by atoms with E-state index < -0.39 is 0 Å². The van der Waals surface area contributed by atoms with Gasteiger partial charge in [-0.2, -0.15) is 0 Å². The summed E-state index contributed by atoms with van der Waals surface area (Å²) < 4.78 is 16.3. The Kier molecular flexibility index (Phi) is 4.09. The number of rotatable bonds is 5. The number of hydrogen-bond acceptors (Lipinski definition) is 4. The molecule has 4 nitrogen and oxygen atoms in total. The molecule has 0 unspecified atom stereocenters. The van der Waals surface area contributed by atoms with E-state index in [2.05, 4.69) is 5.32 Å². The number of benzene rings is 1. The first-order valence-electron chi connectivity index (χ1n) is 5.92. The summed E-state index contributed by atoms with van der Waals surface area (Å²) in [5.41, 5.74) is 0. The van der Waals surface area contributed by atoms with Crippen LogP contribution in [-0.2, 0) is 0 Å². The Morgan fingerprint density at radius 2 is 2.06 bits per heavy atom. The van der Waals surface area contributed by atoms with E-state index in [1.165, 1.54) is 12.8 Å². The fraction of sp³-hybridized carbons (Fsp3) is 0.538. The Bertz CT molecular complexity index is 362. The normalized spacial score (nSPS) is 19.1. The van der Waals surface area contributed by atoms with Gasteiger partial charge in [0.25, 0.3) is 0 Å². The fourth-order valence-electron chi connectivity index (χ4n) is 2.06. The van der Waals surface area contributed by atoms with Gasteiger partial charge in [-0.3, -0.25) is 0 Å². The minimum atomic E-state index is 0.450. The van der Waals surface area contributed by atoms with E-state index >= 15 is 0 Å². The molecule has 4 heteroatoms. The van der Waals surface area contributed by atoms with Crippen LogP contribution in [0.25, 0.3) is 0 Å². The van der Waals surface area contributed by atoms with Crippen LogP contribution in [0.15, 0.2) is 18.2 Å². The van der Waals surface area contributed by atoms with E-state index in [1.54, 1.807) is 14.2 Å². The van der Waals surface area contributed by atoms with Gasteiger partial charge in [0.05, 0.1) is 14.2 Å². The van der Waals surface area contributed by atoms with Crippen LogP contribution < -0.4 is 19.5 Å². The summed E-state index contributed by atoms with van der Waals surface area (Å²) in [6.45, 7) is 1.76. The summed E-state index contributed by atoms with van der Waals surface area (Å²) in [6.07, 6.45) is 2.40. The number of methoxy groups -OCH3 is 2. The highest BCUT2D eigenvalue weighted by atomic mass is 16.5. The van der Waals surface area contributed by atoms with E-state index in [0.717, 1.165) is 12.3 Å². The number of ether oxygens (including phenoxy) is 3. The van der Waals surface area contributed by atoms with Gasteiger partial charge in [-0.1, -0.05) is 6.07 Å². The highest BCUT2D eigenvalue weighted by molar-refractivity contribution is 5.51. The van der Waals surface area contributed by atoms with Gasteiger partial charge >= 0.3 is 0 Å². The molecule has 1 saturated heterocycles. The minimum absolute atomic E-state index is 0.450. The largest absolute Gasteiger partial charge is 0.493 e. The van der Waals surface area contributed by atoms with Crippen molar-refractivity contribution in [1.82, 2.24) is 5.32 Å². The van der Waals surface area contributed by atoms with Gasteiger partial charge in [-0.25, -0.2) is 0 Å². The van der Waals surface area contributed by atoms with Crippen LogP contribution >= 0.6 is 0 Å². The van der Waals surface area contributed by atoms with Gasteiger partial charge in [0.1, 0.15) is 6.61 Å². The van der Waals surface area contributed by atoms with Gasteiger partial charge in [-0.15, -0.1) is 0 Å². The van der Waals surface area contributed by atoms with Gasteiger partial charge in [0.15, 0.2) is 11.5 Å². The lowest BCUT2D eigenvalue weighted by molar-refractivity contribution is 0.257. The van der Waals surface area contributed by atoms with Gasteiger partial charge in [0, 0.05) is 6.04 Å². The molecule has 0 bridgehead atoms. The Labute approximate surface area is 102 Å². The maximum absolute atomic E-state index is 5.79. The van der Waals surface area contributed by atoms with Crippen molar-refractivity contribution >= 4 is 0 Å². The van der Waals surface area contributed by atoms with Gasteiger partial charge in [0.2, 0.25) is 5.75 Å². The lowest BCUT2D eigenvalue weighted by Crippen LogP contribution is -2.28. The topological polar surface area (TPSA) is 39.7 Å². The summed E-state index contributed by atoms with van der Waals surface area (Å²) in [7, 11) is 3.25. The molecule has 1 aromatic rings. The average Bonchev–Trinajstić information content (AvgIpc) is 2.88. The minimum Gasteiger partial charge on any atom is -0.493 e. The SMILES string of the molecule is COc1cccc(OC[C@@H]2CCCN2)c1OC. The van der Waals surface area contributed by atoms with Crippen molar-refractivity contribution < 1.29 is 14.2 Å². The molecule has 1 atom stereocenters. The van der Waals surface area contributed by atoms with E-state index in [0.29, 0.717) is 24.1 Å². The Balaban J connectivity index is 2.03. The molecule has 1 fully saturated rings. The maximum atomic E-state index is 5.79. The molecule has 1 aromatic carbocycles. The molecular formula is C13H19NO3. The second-order valence-electron chi connectivity index (χ2n) is 4.10. The van der Waals surface area contributed by atoms with Crippen LogP contribution in [0.3, 0.4) is 0 Å². The molecule has 2 rings (SSSR count). The third-order valence-electron chi connectivity index (χ3n) is 2.97. The van der Waals surface area contributed by atoms with Crippen molar-refractivity contribution in [2.75, 3.05) is 27.4 Å². The van der Waals surface area contributed by atoms with E-state index in [4.69, 9.17) is 14.2 Å². The quantitative estimate of drug-likeness (QED) is 0.848. The van der Waals surface area contributed by atoms with Gasteiger partial charge < -0.3 is 19.5 Å². The lowest BCUT2D eigenvalue weighted by atomic mass is 10.2. The van der Waals surface area contributed by atoms with Crippen LogP contribution in [0.1, 0.15) is 12.8 Å². The van der Waals surface area contributed by atoms with Crippen LogP contribution in [-0.4, -0.2) is 33.4 Å². The lowest BCUT2D eigenvalue weighted by Gasteiger charge is -2.16. The molecule has 1 aliphatic rings. The number of hydrogen-bond donors (Lipinski definition) is 1. The molecule has 94 valence electrons. The maximum Gasteiger partial charge on any atom is 0.203 e. The predicted octanol–water partition coefficient (Wildman–Crippen LogP) is 1.83. The fourth-order valence-corrected chi connectivity index (χ4v) is 2.06. The number of nitrogens with one attached hydrogen (secondary N) is 1. The first kappa shape index (κ1) is 12.0. The van der Waals surface area contributed by atoms with E-state index in [9.17, 15) is 0 Å². The van der Waals surface area contributed by atoms with E-state index in [-0.39, 0.29) is 0 Å². The number of para-hydroxylation sites is 1. The molecule has 0 spiro atoms. The standard InChI is InChI=1S/C13H19NO3/c1-15-11-6-3-7-12(13(11)16-2)17-9-10-5-4-8-14-10/h3,6-7,10,14H,4-5,8-9H2,1-2H3/t10-/m0/s1. The van der Waals surface area contributed by atoms with Crippen molar-refractivity contribution in [2.45, 2.75) is 18.9 Å². The molecule has 1 N–H and O–H groups in total. The molecular weight excluding hydrogens is 218 g/mol. The zero-order valence-electron chi connectivity index (χ0n) is 10.4. The first-order valence-corrected chi connectivity index (χ1v) is 5.92. The molecule has 0 aromatic heterocycles. The van der Waals surface area contributed by atoms with Crippen molar-refractivity contribution in [2.24, 2.45) is 0 Å². The molecule has 0 aliphatic carbocycles. The summed E-state index contributed by atoms with van der Waals surface area (Å²) in [5.74, 6) is 2.10. The monoisotopic (exact) mass is 237 g/mol. The highest BCUT2D eigenvalue weighted by Gasteiger charge is 2.16. The third kappa shape index (κ3) is 2.82. The predicted molar refractivity (Wildman–Crippen MR) is 66.1 cm³/mol. The molecule has 1 heterocycles. The van der Waals surface area contributed by atoms with Gasteiger partial charge in [-0.05, 0) is 31.5 Å². The Morgan fingerprint density at radius 1 is 1.24 bits per heavy atom. The molecule has 1 aliphatic heterocycles. The first-order chi connectivity index (χ1) is 8.35. The Hall–Kier alpha value is -1.42. The summed E-state index contributed by atoms with van der Waals surface area (Å²) >= 11 is 0. The second-order valence-corrected chi connectivity index (χ2v) is 4.10. The molecule has 0 amide bonds. The average molecular weight is 237 g/mol. The van der Waals surface area contributed by atoms with Crippen LogP contribution in [0, 0.1) is 0 Å². The van der Waals surface area contributed by atoms with Crippen LogP contribution in [0.2, 0.25) is 0 Å². The summed E-state index contributed by atoms with van der Waals surface area (Å²) in [6, 6.07) is 6.11. The summed E-state index contributed by atoms with van der Waals surface area (Å²) in [4.78, 5) is 0. The second kappa shape index (κ2) is 5.77. The van der Waals surface area contributed by atoms with E-state index in [1.807, 2.05) is 18.2 Å². The Morgan fingerprint density at radius 3 is 2.71 bits per heavy atom. The molecule has 0 radical (unpaired) electrons. The smallest absolute Gasteiger partial charge is 0.203 e. The summed E-state index contributed by atoms with van der Waals surface area (Å²) in [5, 5.41) is 3.40. The zero-order valence-corrected chi connectivity index (χ0v) is 10.4. The van der Waals surface area contributed by atoms with Crippen LogP contribution in [0.5, 0.6) is 17.2 Å². The van der Waals surface area contributed by atoms with Crippen molar-refractivity contribution in [1.29, 1.82) is 0 Å². The zero-order chi connectivity index (χ0) is 12.1. The van der Waals surface area contributed by atoms with Crippen molar-refractivity contribution in [3.8, 4) is 17.2 Å². The highest BCUT2D eigenvalue weighted by Crippen LogP contribution is 2.36. The molecule has 17 heavy (non-hydrogen) atoms.